The Balaban J connectivity index is 2.35. The molecule has 0 aliphatic carbocycles. The van der Waals surface area contributed by atoms with E-state index >= 15 is 0 Å². The zero-order valence-corrected chi connectivity index (χ0v) is 11.4. The zero-order valence-electron chi connectivity index (χ0n) is 11.4. The second-order valence-electron chi connectivity index (χ2n) is 4.51. The van der Waals surface area contributed by atoms with Crippen LogP contribution in [0.2, 0.25) is 0 Å². The number of aromatic nitrogens is 2. The SMILES string of the molecule is CCCNC(c1cccc(F)c1)c1nccn1CC. The molecular formula is C15H20FN3. The smallest absolute Gasteiger partial charge is 0.130 e. The largest absolute Gasteiger partial charge is 0.334 e. The first-order chi connectivity index (χ1) is 9.26. The molecule has 102 valence electrons. The van der Waals surface area contributed by atoms with Crippen molar-refractivity contribution in [3.63, 3.8) is 0 Å². The first kappa shape index (κ1) is 13.7. The van der Waals surface area contributed by atoms with Gasteiger partial charge in [0.25, 0.3) is 0 Å². The van der Waals surface area contributed by atoms with Gasteiger partial charge in [0.1, 0.15) is 11.6 Å². The highest BCUT2D eigenvalue weighted by Crippen LogP contribution is 2.21. The number of nitrogens with zero attached hydrogens (tertiary/aromatic N) is 2. The van der Waals surface area contributed by atoms with Gasteiger partial charge < -0.3 is 9.88 Å². The van der Waals surface area contributed by atoms with Gasteiger partial charge in [-0.3, -0.25) is 0 Å². The predicted octanol–water partition coefficient (Wildman–Crippen LogP) is 3.13. The molecule has 0 spiro atoms. The summed E-state index contributed by atoms with van der Waals surface area (Å²) in [5, 5.41) is 3.44. The third-order valence-corrected chi connectivity index (χ3v) is 3.13. The van der Waals surface area contributed by atoms with E-state index in [9.17, 15) is 4.39 Å². The van der Waals surface area contributed by atoms with E-state index in [-0.39, 0.29) is 11.9 Å². The fourth-order valence-electron chi connectivity index (χ4n) is 2.18. The van der Waals surface area contributed by atoms with Gasteiger partial charge in [0.2, 0.25) is 0 Å². The Morgan fingerprint density at radius 1 is 1.37 bits per heavy atom. The lowest BCUT2D eigenvalue weighted by Crippen LogP contribution is -2.26. The fourth-order valence-corrected chi connectivity index (χ4v) is 2.18. The van der Waals surface area contributed by atoms with E-state index in [0.29, 0.717) is 0 Å². The summed E-state index contributed by atoms with van der Waals surface area (Å²) in [5.41, 5.74) is 0.911. The second kappa shape index (κ2) is 6.48. The lowest BCUT2D eigenvalue weighted by Gasteiger charge is -2.19. The lowest BCUT2D eigenvalue weighted by molar-refractivity contribution is 0.537. The van der Waals surface area contributed by atoms with Gasteiger partial charge in [0.05, 0.1) is 6.04 Å². The molecule has 1 heterocycles. The number of benzene rings is 1. The van der Waals surface area contributed by atoms with Crippen LogP contribution in [0, 0.1) is 5.82 Å². The molecule has 4 heteroatoms. The Morgan fingerprint density at radius 2 is 2.21 bits per heavy atom. The maximum absolute atomic E-state index is 13.4. The molecule has 0 bridgehead atoms. The molecule has 2 rings (SSSR count). The number of hydrogen-bond donors (Lipinski definition) is 1. The highest BCUT2D eigenvalue weighted by Gasteiger charge is 2.18. The minimum atomic E-state index is -0.213. The minimum Gasteiger partial charge on any atom is -0.334 e. The topological polar surface area (TPSA) is 29.9 Å². The average molecular weight is 261 g/mol. The number of rotatable bonds is 6. The molecule has 0 amide bonds. The molecule has 2 aromatic rings. The molecule has 3 nitrogen and oxygen atoms in total. The van der Waals surface area contributed by atoms with Crippen LogP contribution in [0.1, 0.15) is 37.7 Å². The molecule has 0 saturated carbocycles. The van der Waals surface area contributed by atoms with E-state index < -0.39 is 0 Å². The highest BCUT2D eigenvalue weighted by molar-refractivity contribution is 5.26. The van der Waals surface area contributed by atoms with Crippen molar-refractivity contribution in [1.29, 1.82) is 0 Å². The fraction of sp³-hybridized carbons (Fsp3) is 0.400. The van der Waals surface area contributed by atoms with Crippen LogP contribution in [0.4, 0.5) is 4.39 Å². The molecule has 1 atom stereocenters. The first-order valence-electron chi connectivity index (χ1n) is 6.76. The summed E-state index contributed by atoms with van der Waals surface area (Å²) in [6.45, 7) is 5.92. The number of halogens is 1. The Labute approximate surface area is 113 Å². The van der Waals surface area contributed by atoms with Crippen LogP contribution in [0.25, 0.3) is 0 Å². The van der Waals surface area contributed by atoms with Gasteiger partial charge in [-0.2, -0.15) is 0 Å². The Bertz CT molecular complexity index is 522. The van der Waals surface area contributed by atoms with Crippen molar-refractivity contribution in [3.05, 3.63) is 53.9 Å². The van der Waals surface area contributed by atoms with Crippen LogP contribution in [0.5, 0.6) is 0 Å². The molecule has 0 saturated heterocycles. The molecule has 1 aromatic carbocycles. The van der Waals surface area contributed by atoms with E-state index in [1.165, 1.54) is 6.07 Å². The van der Waals surface area contributed by atoms with Crippen molar-refractivity contribution in [2.45, 2.75) is 32.9 Å². The summed E-state index contributed by atoms with van der Waals surface area (Å²) >= 11 is 0. The van der Waals surface area contributed by atoms with Gasteiger partial charge in [0, 0.05) is 18.9 Å². The normalized spacial score (nSPS) is 12.6. The van der Waals surface area contributed by atoms with Gasteiger partial charge in [-0.1, -0.05) is 19.1 Å². The summed E-state index contributed by atoms with van der Waals surface area (Å²) < 4.78 is 15.5. The van der Waals surface area contributed by atoms with Crippen LogP contribution in [0.3, 0.4) is 0 Å². The summed E-state index contributed by atoms with van der Waals surface area (Å²) in [6.07, 6.45) is 4.77. The predicted molar refractivity (Wildman–Crippen MR) is 74.4 cm³/mol. The molecule has 0 aliphatic heterocycles. The van der Waals surface area contributed by atoms with E-state index in [2.05, 4.69) is 28.7 Å². The number of hydrogen-bond acceptors (Lipinski definition) is 2. The molecule has 0 aliphatic rings. The van der Waals surface area contributed by atoms with Crippen molar-refractivity contribution in [1.82, 2.24) is 14.9 Å². The maximum Gasteiger partial charge on any atom is 0.130 e. The third-order valence-electron chi connectivity index (χ3n) is 3.13. The van der Waals surface area contributed by atoms with Crippen LogP contribution >= 0.6 is 0 Å². The highest BCUT2D eigenvalue weighted by atomic mass is 19.1. The van der Waals surface area contributed by atoms with Gasteiger partial charge in [-0.15, -0.1) is 0 Å². The third kappa shape index (κ3) is 3.20. The van der Waals surface area contributed by atoms with Gasteiger partial charge in [-0.25, -0.2) is 9.37 Å². The molecule has 1 aromatic heterocycles. The van der Waals surface area contributed by atoms with Crippen molar-refractivity contribution < 1.29 is 4.39 Å². The summed E-state index contributed by atoms with van der Waals surface area (Å²) in [4.78, 5) is 4.42. The van der Waals surface area contributed by atoms with E-state index in [0.717, 1.165) is 30.9 Å². The van der Waals surface area contributed by atoms with Gasteiger partial charge in [-0.05, 0) is 37.6 Å². The quantitative estimate of drug-likeness (QED) is 0.865. The molecule has 19 heavy (non-hydrogen) atoms. The molecule has 1 unspecified atom stereocenters. The van der Waals surface area contributed by atoms with Crippen LogP contribution in [0.15, 0.2) is 36.7 Å². The summed E-state index contributed by atoms with van der Waals surface area (Å²) in [6, 6.07) is 6.65. The van der Waals surface area contributed by atoms with Crippen molar-refractivity contribution >= 4 is 0 Å². The zero-order chi connectivity index (χ0) is 13.7. The Hall–Kier alpha value is -1.68. The van der Waals surface area contributed by atoms with Crippen molar-refractivity contribution in [3.8, 4) is 0 Å². The standard InChI is InChI=1S/C15H20FN3/c1-3-8-17-14(12-6-5-7-13(16)11-12)15-18-9-10-19(15)4-2/h5-7,9-11,14,17H,3-4,8H2,1-2H3. The van der Waals surface area contributed by atoms with Gasteiger partial charge in [0.15, 0.2) is 0 Å². The number of aryl methyl sites for hydroxylation is 1. The van der Waals surface area contributed by atoms with E-state index in [1.54, 1.807) is 18.3 Å². The summed E-state index contributed by atoms with van der Waals surface area (Å²) in [5.74, 6) is 0.719. The Kier molecular flexibility index (Phi) is 4.68. The molecule has 0 fully saturated rings. The van der Waals surface area contributed by atoms with Crippen LogP contribution in [-0.2, 0) is 6.54 Å². The lowest BCUT2D eigenvalue weighted by atomic mass is 10.1. The maximum atomic E-state index is 13.4. The second-order valence-corrected chi connectivity index (χ2v) is 4.51. The van der Waals surface area contributed by atoms with E-state index in [1.807, 2.05) is 12.3 Å². The first-order valence-corrected chi connectivity index (χ1v) is 6.76. The van der Waals surface area contributed by atoms with Crippen LogP contribution in [-0.4, -0.2) is 16.1 Å². The van der Waals surface area contributed by atoms with E-state index in [4.69, 9.17) is 0 Å². The van der Waals surface area contributed by atoms with Crippen molar-refractivity contribution in [2.75, 3.05) is 6.54 Å². The monoisotopic (exact) mass is 261 g/mol. The summed E-state index contributed by atoms with van der Waals surface area (Å²) in [7, 11) is 0. The minimum absolute atomic E-state index is 0.0643. The molecular weight excluding hydrogens is 241 g/mol. The average Bonchev–Trinajstić information content (AvgIpc) is 2.88. The number of nitrogens with one attached hydrogen (secondary N) is 1. The Morgan fingerprint density at radius 3 is 2.89 bits per heavy atom. The molecule has 1 N–H and O–H groups in total. The molecule has 0 radical (unpaired) electrons. The van der Waals surface area contributed by atoms with Gasteiger partial charge >= 0.3 is 0 Å². The van der Waals surface area contributed by atoms with Crippen molar-refractivity contribution in [2.24, 2.45) is 0 Å². The number of imidazole rings is 1. The van der Waals surface area contributed by atoms with Crippen LogP contribution < -0.4 is 5.32 Å².